The van der Waals surface area contributed by atoms with Gasteiger partial charge in [-0.1, -0.05) is 43.0 Å². The third kappa shape index (κ3) is 4.39. The summed E-state index contributed by atoms with van der Waals surface area (Å²) in [5.74, 6) is 0.810. The summed E-state index contributed by atoms with van der Waals surface area (Å²) in [6.07, 6.45) is 8.17. The Morgan fingerprint density at radius 1 is 1.08 bits per heavy atom. The molecule has 1 saturated carbocycles. The molecule has 8 heteroatoms. The number of methoxy groups -OCH3 is 1. The predicted molar refractivity (Wildman–Crippen MR) is 138 cm³/mol. The molecule has 0 radical (unpaired) electrons. The lowest BCUT2D eigenvalue weighted by atomic mass is 9.64. The van der Waals surface area contributed by atoms with E-state index in [-0.39, 0.29) is 48.4 Å². The Balaban J connectivity index is 1.75. The molecular weight excluding hydrogens is 474 g/mol. The lowest BCUT2D eigenvalue weighted by Gasteiger charge is -2.41. The highest BCUT2D eigenvalue weighted by atomic mass is 16.5. The number of aromatic nitrogens is 1. The molecular formula is C29H33NO7. The molecule has 8 nitrogen and oxygen atoms in total. The highest BCUT2D eigenvalue weighted by Gasteiger charge is 2.47. The van der Waals surface area contributed by atoms with Crippen molar-refractivity contribution in [1.82, 2.24) is 4.98 Å². The Morgan fingerprint density at radius 2 is 1.84 bits per heavy atom. The summed E-state index contributed by atoms with van der Waals surface area (Å²) in [5, 5.41) is 30.9. The average Bonchev–Trinajstić information content (AvgIpc) is 3.45. The number of hydrogen-bond acceptors (Lipinski definition) is 6. The number of nitrogens with zero attached hydrogens (tertiary/aromatic N) is 1. The van der Waals surface area contributed by atoms with E-state index in [9.17, 15) is 20.1 Å². The number of benzene rings is 2. The van der Waals surface area contributed by atoms with Crippen molar-refractivity contribution in [3.8, 4) is 28.7 Å². The molecule has 0 spiro atoms. The van der Waals surface area contributed by atoms with Crippen LogP contribution >= 0.6 is 0 Å². The number of hydrogen-bond donors (Lipinski definition) is 3. The van der Waals surface area contributed by atoms with Crippen molar-refractivity contribution in [2.45, 2.75) is 56.5 Å². The Hall–Kier alpha value is -3.65. The molecule has 2 aromatic carbocycles. The molecule has 37 heavy (non-hydrogen) atoms. The SMILES string of the molecule is COc1c(O)c(C2(c3cc[n-]c3)CCCCC2)c2c(c1OCCCO)C(=[OH+])CC(c1ccc(O)cc1)O2. The maximum atomic E-state index is 11.8. The van der Waals surface area contributed by atoms with Crippen LogP contribution in [0.4, 0.5) is 0 Å². The Bertz CT molecular complexity index is 1240. The van der Waals surface area contributed by atoms with Crippen LogP contribution in [0.2, 0.25) is 0 Å². The predicted octanol–water partition coefficient (Wildman–Crippen LogP) is 4.49. The minimum Gasteiger partial charge on any atom is -0.670 e. The van der Waals surface area contributed by atoms with Crippen LogP contribution in [0.3, 0.4) is 0 Å². The van der Waals surface area contributed by atoms with Crippen LogP contribution < -0.4 is 19.2 Å². The molecule has 196 valence electrons. The maximum Gasteiger partial charge on any atom is 0.335 e. The van der Waals surface area contributed by atoms with Gasteiger partial charge in [0, 0.05) is 18.4 Å². The third-order valence-corrected chi connectivity index (χ3v) is 7.58. The third-order valence-electron chi connectivity index (χ3n) is 7.58. The minimum atomic E-state index is -0.586. The van der Waals surface area contributed by atoms with Gasteiger partial charge in [0.25, 0.3) is 0 Å². The fourth-order valence-corrected chi connectivity index (χ4v) is 5.81. The Morgan fingerprint density at radius 3 is 2.49 bits per heavy atom. The first-order valence-electron chi connectivity index (χ1n) is 12.8. The molecule has 1 aliphatic heterocycles. The molecule has 0 amide bonds. The molecule has 0 saturated heterocycles. The van der Waals surface area contributed by atoms with Crippen molar-refractivity contribution in [2.24, 2.45) is 0 Å². The van der Waals surface area contributed by atoms with Gasteiger partial charge in [0.05, 0.1) is 19.3 Å². The van der Waals surface area contributed by atoms with Crippen molar-refractivity contribution in [2.75, 3.05) is 20.3 Å². The van der Waals surface area contributed by atoms with E-state index in [4.69, 9.17) is 14.2 Å². The first kappa shape index (κ1) is 25.0. The van der Waals surface area contributed by atoms with Gasteiger partial charge >= 0.3 is 5.78 Å². The van der Waals surface area contributed by atoms with Crippen LogP contribution in [0.15, 0.2) is 42.7 Å². The van der Waals surface area contributed by atoms with Gasteiger partial charge in [-0.05, 0) is 30.5 Å². The first-order valence-corrected chi connectivity index (χ1v) is 12.8. The molecule has 1 unspecified atom stereocenters. The number of carbonyl (C=O) groups excluding carboxylic acids is 1. The van der Waals surface area contributed by atoms with E-state index in [1.165, 1.54) is 7.11 Å². The van der Waals surface area contributed by atoms with E-state index in [1.54, 1.807) is 30.5 Å². The zero-order chi connectivity index (χ0) is 26.0. The Labute approximate surface area is 215 Å². The van der Waals surface area contributed by atoms with Gasteiger partial charge in [-0.25, -0.2) is 0 Å². The van der Waals surface area contributed by atoms with Gasteiger partial charge in [0.15, 0.2) is 17.1 Å². The first-order chi connectivity index (χ1) is 18.0. The van der Waals surface area contributed by atoms with Crippen LogP contribution in [0.1, 0.15) is 73.3 Å². The highest BCUT2D eigenvalue weighted by molar-refractivity contribution is 6.05. The smallest absolute Gasteiger partial charge is 0.335 e. The summed E-state index contributed by atoms with van der Waals surface area (Å²) in [5.41, 5.74) is 2.11. The van der Waals surface area contributed by atoms with Gasteiger partial charge < -0.3 is 34.5 Å². The number of aliphatic hydroxyl groups is 1. The molecule has 2 heterocycles. The van der Waals surface area contributed by atoms with E-state index in [0.717, 1.165) is 43.2 Å². The number of aliphatic hydroxyl groups excluding tert-OH is 1. The monoisotopic (exact) mass is 507 g/mol. The van der Waals surface area contributed by atoms with Crippen molar-refractivity contribution >= 4 is 5.78 Å². The minimum absolute atomic E-state index is 0.0587. The lowest BCUT2D eigenvalue weighted by molar-refractivity contribution is 0.185. The van der Waals surface area contributed by atoms with E-state index >= 15 is 0 Å². The molecule has 1 aliphatic carbocycles. The van der Waals surface area contributed by atoms with Crippen LogP contribution in [0.25, 0.3) is 0 Å². The fraction of sp³-hybridized carbons (Fsp3) is 0.414. The van der Waals surface area contributed by atoms with Crippen molar-refractivity contribution < 1.29 is 34.3 Å². The Kier molecular flexibility index (Phi) is 7.02. The summed E-state index contributed by atoms with van der Waals surface area (Å²) in [4.78, 5) is 15.8. The largest absolute Gasteiger partial charge is 0.670 e. The van der Waals surface area contributed by atoms with Crippen LogP contribution in [0.5, 0.6) is 28.7 Å². The van der Waals surface area contributed by atoms with Crippen molar-refractivity contribution in [1.29, 1.82) is 0 Å². The molecule has 5 rings (SSSR count). The fourth-order valence-electron chi connectivity index (χ4n) is 5.81. The summed E-state index contributed by atoms with van der Waals surface area (Å²) in [6.45, 7) is 0.113. The molecule has 4 N–H and O–H groups in total. The van der Waals surface area contributed by atoms with Crippen LogP contribution in [-0.2, 0) is 5.41 Å². The molecule has 3 aromatic rings. The number of rotatable bonds is 8. The second-order valence-corrected chi connectivity index (χ2v) is 9.76. The second kappa shape index (κ2) is 10.4. The number of ketones is 1. The number of aromatic hydroxyl groups is 2. The second-order valence-electron chi connectivity index (χ2n) is 9.76. The van der Waals surface area contributed by atoms with Gasteiger partial charge in [0.1, 0.15) is 24.0 Å². The normalized spacial score (nSPS) is 18.6. The topological polar surface area (TPSA) is 124 Å². The molecule has 0 bridgehead atoms. The quantitative estimate of drug-likeness (QED) is 0.303. The summed E-state index contributed by atoms with van der Waals surface area (Å²) >= 11 is 0. The zero-order valence-corrected chi connectivity index (χ0v) is 20.9. The van der Waals surface area contributed by atoms with Gasteiger partial charge in [-0.3, -0.25) is 4.79 Å². The van der Waals surface area contributed by atoms with E-state index in [2.05, 4.69) is 4.98 Å². The summed E-state index contributed by atoms with van der Waals surface area (Å²) in [7, 11) is 1.46. The average molecular weight is 508 g/mol. The number of fused-ring (bicyclic) bond motifs is 1. The molecule has 1 atom stereocenters. The van der Waals surface area contributed by atoms with Gasteiger partial charge in [-0.15, -0.1) is 0 Å². The van der Waals surface area contributed by atoms with Gasteiger partial charge in [-0.2, -0.15) is 12.4 Å². The number of ether oxygens (including phenoxy) is 3. The standard InChI is InChI=1S/C29H32NO7/c1-35-28-25(34)24(29(11-3-2-4-12-29)19-10-13-30-17-19)26-23(27(28)36-15-5-14-31)21(33)16-22(37-26)18-6-8-20(32)9-7-18/h6-10,13,17,22,31-32H,2-5,11-12,14-16H2,1H3,(H,33,34)/q-1/p+1. The number of phenols is 2. The highest BCUT2D eigenvalue weighted by Crippen LogP contribution is 2.59. The molecule has 1 aromatic heterocycles. The van der Waals surface area contributed by atoms with Crippen LogP contribution in [-0.4, -0.2) is 46.2 Å². The maximum absolute atomic E-state index is 11.8. The lowest BCUT2D eigenvalue weighted by Crippen LogP contribution is -2.33. The summed E-state index contributed by atoms with van der Waals surface area (Å²) < 4.78 is 18.3. The van der Waals surface area contributed by atoms with E-state index in [0.29, 0.717) is 23.3 Å². The van der Waals surface area contributed by atoms with Crippen molar-refractivity contribution in [3.05, 3.63) is 65.0 Å². The molecule has 1 fully saturated rings. The van der Waals surface area contributed by atoms with Crippen LogP contribution in [0, 0.1) is 0 Å². The van der Waals surface area contributed by atoms with Gasteiger partial charge in [0.2, 0.25) is 5.75 Å². The van der Waals surface area contributed by atoms with Crippen molar-refractivity contribution in [3.63, 3.8) is 0 Å². The molecule has 2 aliphatic rings. The van der Waals surface area contributed by atoms with E-state index < -0.39 is 11.5 Å². The van der Waals surface area contributed by atoms with E-state index in [1.807, 2.05) is 12.3 Å². The zero-order valence-electron chi connectivity index (χ0n) is 20.9. The number of phenolic OH excluding ortho intramolecular Hbond substituents is 2. The summed E-state index contributed by atoms with van der Waals surface area (Å²) in [6, 6.07) is 8.66.